The quantitative estimate of drug-likeness (QED) is 0.774. The van der Waals surface area contributed by atoms with Gasteiger partial charge < -0.3 is 9.80 Å². The zero-order valence-corrected chi connectivity index (χ0v) is 16.7. The Hall–Kier alpha value is -2.08. The maximum absolute atomic E-state index is 12.8. The normalized spacial score (nSPS) is 15.8. The Labute approximate surface area is 159 Å². The van der Waals surface area contributed by atoms with Gasteiger partial charge in [-0.25, -0.2) is 9.97 Å². The maximum Gasteiger partial charge on any atom is 0.235 e. The Balaban J connectivity index is 1.57. The molecule has 1 aromatic heterocycles. The van der Waals surface area contributed by atoms with Crippen LogP contribution in [0.5, 0.6) is 0 Å². The predicted octanol–water partition coefficient (Wildman–Crippen LogP) is 3.23. The van der Waals surface area contributed by atoms with Gasteiger partial charge in [-0.1, -0.05) is 17.7 Å². The molecule has 3 rings (SSSR count). The van der Waals surface area contributed by atoms with E-state index in [2.05, 4.69) is 53.0 Å². The third-order valence-corrected chi connectivity index (χ3v) is 5.98. The molecule has 2 aromatic rings. The molecular weight excluding hydrogens is 344 g/mol. The van der Waals surface area contributed by atoms with E-state index in [4.69, 9.17) is 0 Å². The molecule has 0 aliphatic carbocycles. The molecule has 0 saturated carbocycles. The van der Waals surface area contributed by atoms with Gasteiger partial charge in [-0.15, -0.1) is 11.8 Å². The highest BCUT2D eigenvalue weighted by Gasteiger charge is 2.26. The van der Waals surface area contributed by atoms with Crippen LogP contribution in [0.1, 0.15) is 23.7 Å². The molecule has 5 nitrogen and oxygen atoms in total. The van der Waals surface area contributed by atoms with Crippen LogP contribution in [0.2, 0.25) is 0 Å². The van der Waals surface area contributed by atoms with E-state index in [-0.39, 0.29) is 11.2 Å². The van der Waals surface area contributed by atoms with Gasteiger partial charge >= 0.3 is 0 Å². The second-order valence-electron chi connectivity index (χ2n) is 6.79. The summed E-state index contributed by atoms with van der Waals surface area (Å²) in [6.45, 7) is 11.2. The lowest BCUT2D eigenvalue weighted by molar-refractivity contribution is -0.130. The van der Waals surface area contributed by atoms with Gasteiger partial charge in [0.25, 0.3) is 0 Å². The van der Waals surface area contributed by atoms with Crippen molar-refractivity contribution in [1.82, 2.24) is 14.9 Å². The first-order chi connectivity index (χ1) is 12.5. The minimum atomic E-state index is -0.0766. The Kier molecular flexibility index (Phi) is 5.81. The van der Waals surface area contributed by atoms with Crippen LogP contribution in [0.15, 0.2) is 35.5 Å². The summed E-state index contributed by atoms with van der Waals surface area (Å²) >= 11 is 1.63. The number of carbonyl (C=O) groups is 1. The molecule has 6 heteroatoms. The molecule has 26 heavy (non-hydrogen) atoms. The van der Waals surface area contributed by atoms with E-state index in [1.54, 1.807) is 18.1 Å². The average Bonchev–Trinajstić information content (AvgIpc) is 2.65. The second kappa shape index (κ2) is 8.08. The molecule has 0 unspecified atom stereocenters. The van der Waals surface area contributed by atoms with Gasteiger partial charge in [0.1, 0.15) is 12.1 Å². The molecule has 1 atom stereocenters. The van der Waals surface area contributed by atoms with Crippen LogP contribution in [0.3, 0.4) is 0 Å². The van der Waals surface area contributed by atoms with E-state index in [9.17, 15) is 4.79 Å². The van der Waals surface area contributed by atoms with Crippen LogP contribution in [0, 0.1) is 20.8 Å². The SMILES string of the molecule is Cc1ccc(S[C@@H](C)C(=O)N2CCN(c3ncnc(C)c3C)CC2)cc1. The molecule has 1 fully saturated rings. The summed E-state index contributed by atoms with van der Waals surface area (Å²) in [7, 11) is 0. The standard InChI is InChI=1S/C20H26N4OS/c1-14-5-7-18(8-6-14)26-17(4)20(25)24-11-9-23(10-12-24)19-15(2)16(3)21-13-22-19/h5-8,13,17H,9-12H2,1-4H3/t17-/m0/s1. The maximum atomic E-state index is 12.8. The lowest BCUT2D eigenvalue weighted by Gasteiger charge is -2.37. The summed E-state index contributed by atoms with van der Waals surface area (Å²) in [5, 5.41) is -0.0766. The van der Waals surface area contributed by atoms with Crippen LogP contribution in [-0.4, -0.2) is 52.2 Å². The average molecular weight is 371 g/mol. The molecule has 138 valence electrons. The number of aryl methyl sites for hydroxylation is 2. The van der Waals surface area contributed by atoms with Crippen molar-refractivity contribution < 1.29 is 4.79 Å². The lowest BCUT2D eigenvalue weighted by atomic mass is 10.2. The molecule has 1 aliphatic rings. The molecule has 0 spiro atoms. The van der Waals surface area contributed by atoms with E-state index >= 15 is 0 Å². The third-order valence-electron chi connectivity index (χ3n) is 4.88. The summed E-state index contributed by atoms with van der Waals surface area (Å²) in [5.74, 6) is 1.21. The number of nitrogens with zero attached hydrogens (tertiary/aromatic N) is 4. The summed E-state index contributed by atoms with van der Waals surface area (Å²) in [6.07, 6.45) is 1.62. The first-order valence-corrected chi connectivity index (χ1v) is 9.89. The molecular formula is C20H26N4OS. The molecule has 1 aromatic carbocycles. The van der Waals surface area contributed by atoms with Crippen molar-refractivity contribution in [3.63, 3.8) is 0 Å². The second-order valence-corrected chi connectivity index (χ2v) is 8.21. The van der Waals surface area contributed by atoms with Crippen LogP contribution < -0.4 is 4.90 Å². The van der Waals surface area contributed by atoms with Crippen LogP contribution in [-0.2, 0) is 4.79 Å². The highest BCUT2D eigenvalue weighted by atomic mass is 32.2. The first kappa shape index (κ1) is 18.7. The Morgan fingerprint density at radius 1 is 1.04 bits per heavy atom. The fraction of sp³-hybridized carbons (Fsp3) is 0.450. The summed E-state index contributed by atoms with van der Waals surface area (Å²) < 4.78 is 0. The fourth-order valence-corrected chi connectivity index (χ4v) is 4.06. The summed E-state index contributed by atoms with van der Waals surface area (Å²) in [5.41, 5.74) is 3.37. The van der Waals surface area contributed by atoms with Crippen LogP contribution in [0.4, 0.5) is 5.82 Å². The predicted molar refractivity (Wildman–Crippen MR) is 107 cm³/mol. The van der Waals surface area contributed by atoms with E-state index in [1.165, 1.54) is 5.56 Å². The number of hydrogen-bond donors (Lipinski definition) is 0. The number of anilines is 1. The number of piperazine rings is 1. The topological polar surface area (TPSA) is 49.3 Å². The number of carbonyl (C=O) groups excluding carboxylic acids is 1. The highest BCUT2D eigenvalue weighted by molar-refractivity contribution is 8.00. The van der Waals surface area contributed by atoms with Crippen molar-refractivity contribution in [1.29, 1.82) is 0 Å². The minimum Gasteiger partial charge on any atom is -0.353 e. The van der Waals surface area contributed by atoms with Crippen molar-refractivity contribution in [2.24, 2.45) is 0 Å². The van der Waals surface area contributed by atoms with Gasteiger partial charge in [0.05, 0.1) is 5.25 Å². The molecule has 0 N–H and O–H groups in total. The van der Waals surface area contributed by atoms with E-state index in [0.29, 0.717) is 0 Å². The van der Waals surface area contributed by atoms with E-state index < -0.39 is 0 Å². The number of amides is 1. The number of rotatable bonds is 4. The number of thioether (sulfide) groups is 1. The van der Waals surface area contributed by atoms with Crippen LogP contribution >= 0.6 is 11.8 Å². The van der Waals surface area contributed by atoms with Gasteiger partial charge in [-0.05, 0) is 39.8 Å². The van der Waals surface area contributed by atoms with Gasteiger partial charge in [0, 0.05) is 42.3 Å². The van der Waals surface area contributed by atoms with Crippen molar-refractivity contribution in [3.8, 4) is 0 Å². The molecule has 1 saturated heterocycles. The Morgan fingerprint density at radius 2 is 1.69 bits per heavy atom. The Bertz CT molecular complexity index is 770. The number of aromatic nitrogens is 2. The summed E-state index contributed by atoms with van der Waals surface area (Å²) in [6, 6.07) is 8.35. The van der Waals surface area contributed by atoms with Crippen molar-refractivity contribution in [3.05, 3.63) is 47.4 Å². The van der Waals surface area contributed by atoms with Crippen molar-refractivity contribution >= 4 is 23.5 Å². The Morgan fingerprint density at radius 3 is 2.35 bits per heavy atom. The molecule has 1 aliphatic heterocycles. The van der Waals surface area contributed by atoms with Gasteiger partial charge in [0.2, 0.25) is 5.91 Å². The van der Waals surface area contributed by atoms with Gasteiger partial charge in [-0.3, -0.25) is 4.79 Å². The van der Waals surface area contributed by atoms with Gasteiger partial charge in [-0.2, -0.15) is 0 Å². The minimum absolute atomic E-state index is 0.0766. The third kappa shape index (κ3) is 4.18. The smallest absolute Gasteiger partial charge is 0.235 e. The molecule has 1 amide bonds. The first-order valence-electron chi connectivity index (χ1n) is 9.01. The van der Waals surface area contributed by atoms with Gasteiger partial charge in [0.15, 0.2) is 0 Å². The largest absolute Gasteiger partial charge is 0.353 e. The van der Waals surface area contributed by atoms with Crippen molar-refractivity contribution in [2.45, 2.75) is 37.8 Å². The zero-order valence-electron chi connectivity index (χ0n) is 15.9. The summed E-state index contributed by atoms with van der Waals surface area (Å²) in [4.78, 5) is 26.8. The lowest BCUT2D eigenvalue weighted by Crippen LogP contribution is -2.51. The van der Waals surface area contributed by atoms with Crippen molar-refractivity contribution in [2.75, 3.05) is 31.1 Å². The monoisotopic (exact) mass is 370 g/mol. The zero-order chi connectivity index (χ0) is 18.7. The molecule has 0 radical (unpaired) electrons. The van der Waals surface area contributed by atoms with E-state index in [1.807, 2.05) is 18.7 Å². The number of benzene rings is 1. The molecule has 2 heterocycles. The van der Waals surface area contributed by atoms with Crippen LogP contribution in [0.25, 0.3) is 0 Å². The van der Waals surface area contributed by atoms with E-state index in [0.717, 1.165) is 48.1 Å². The molecule has 0 bridgehead atoms. The highest BCUT2D eigenvalue weighted by Crippen LogP contribution is 2.26. The number of hydrogen-bond acceptors (Lipinski definition) is 5. The fourth-order valence-electron chi connectivity index (χ4n) is 3.11.